The summed E-state index contributed by atoms with van der Waals surface area (Å²) in [7, 11) is 0. The van der Waals surface area contributed by atoms with E-state index in [1.54, 1.807) is 0 Å². The minimum Gasteiger partial charge on any atom is -0.310 e. The second kappa shape index (κ2) is 11.8. The summed E-state index contributed by atoms with van der Waals surface area (Å²) in [4.78, 5) is 2.56. The molecule has 0 aromatic heterocycles. The fourth-order valence-corrected chi connectivity index (χ4v) is 10.8. The van der Waals surface area contributed by atoms with Gasteiger partial charge in [-0.25, -0.2) is 0 Å². The molecule has 3 aliphatic carbocycles. The Morgan fingerprint density at radius 3 is 1.25 bits per heavy atom. The minimum atomic E-state index is -0.312. The van der Waals surface area contributed by atoms with Crippen molar-refractivity contribution in [3.05, 3.63) is 233 Å². The molecule has 8 aromatic carbocycles. The summed E-state index contributed by atoms with van der Waals surface area (Å²) in [6.07, 6.45) is 0. The van der Waals surface area contributed by atoms with Gasteiger partial charge in [-0.05, 0) is 117 Å². The number of hydrogen-bond acceptors (Lipinski definition) is 1. The number of rotatable bonds is 5. The highest BCUT2D eigenvalue weighted by atomic mass is 15.1. The Labute approximate surface area is 330 Å². The van der Waals surface area contributed by atoms with Gasteiger partial charge < -0.3 is 4.90 Å². The normalized spacial score (nSPS) is 19.0. The Bertz CT molecular complexity index is 2720. The van der Waals surface area contributed by atoms with Gasteiger partial charge in [0.25, 0.3) is 0 Å². The first-order valence-corrected chi connectivity index (χ1v) is 19.9. The highest BCUT2D eigenvalue weighted by Crippen LogP contribution is 2.58. The summed E-state index contributed by atoms with van der Waals surface area (Å²) >= 11 is 0. The number of fused-ring (bicyclic) bond motifs is 9. The number of anilines is 3. The van der Waals surface area contributed by atoms with E-state index >= 15 is 0 Å². The van der Waals surface area contributed by atoms with Gasteiger partial charge in [-0.15, -0.1) is 0 Å². The van der Waals surface area contributed by atoms with Gasteiger partial charge in [0.1, 0.15) is 0 Å². The largest absolute Gasteiger partial charge is 0.310 e. The van der Waals surface area contributed by atoms with Crippen LogP contribution in [-0.2, 0) is 16.2 Å². The van der Waals surface area contributed by atoms with Gasteiger partial charge in [0.15, 0.2) is 0 Å². The summed E-state index contributed by atoms with van der Waals surface area (Å²) in [6.45, 7) is 9.58. The lowest BCUT2D eigenvalue weighted by Crippen LogP contribution is -2.23. The average Bonchev–Trinajstić information content (AvgIpc) is 3.77. The number of nitrogens with zero attached hydrogens (tertiary/aromatic N) is 1. The van der Waals surface area contributed by atoms with Crippen LogP contribution in [0.3, 0.4) is 0 Å². The van der Waals surface area contributed by atoms with E-state index in [2.05, 4.69) is 221 Å². The maximum atomic E-state index is 2.56. The molecule has 2 unspecified atom stereocenters. The van der Waals surface area contributed by atoms with Crippen LogP contribution < -0.4 is 4.90 Å². The molecule has 0 spiro atoms. The molecule has 2 atom stereocenters. The van der Waals surface area contributed by atoms with Crippen LogP contribution in [0.4, 0.5) is 17.1 Å². The van der Waals surface area contributed by atoms with Crippen molar-refractivity contribution in [2.24, 2.45) is 0 Å². The first-order chi connectivity index (χ1) is 27.3. The maximum Gasteiger partial charge on any atom is 0.0543 e. The van der Waals surface area contributed by atoms with Crippen molar-refractivity contribution in [2.75, 3.05) is 4.90 Å². The lowest BCUT2D eigenvalue weighted by molar-refractivity contribution is 0.660. The van der Waals surface area contributed by atoms with Gasteiger partial charge in [-0.3, -0.25) is 0 Å². The minimum absolute atomic E-state index is 0.121. The molecule has 0 N–H and O–H groups in total. The molecule has 3 aliphatic rings. The predicted molar refractivity (Wildman–Crippen MR) is 234 cm³/mol. The van der Waals surface area contributed by atoms with Gasteiger partial charge >= 0.3 is 0 Å². The van der Waals surface area contributed by atoms with E-state index in [0.29, 0.717) is 0 Å². The Kier molecular flexibility index (Phi) is 6.93. The first-order valence-electron chi connectivity index (χ1n) is 19.9. The summed E-state index contributed by atoms with van der Waals surface area (Å²) < 4.78 is 0. The van der Waals surface area contributed by atoms with E-state index < -0.39 is 0 Å². The van der Waals surface area contributed by atoms with E-state index in [1.807, 2.05) is 0 Å². The third kappa shape index (κ3) is 4.32. The lowest BCUT2D eigenvalue weighted by Gasteiger charge is -2.33. The number of hydrogen-bond donors (Lipinski definition) is 0. The van der Waals surface area contributed by atoms with Gasteiger partial charge in [-0.2, -0.15) is 0 Å². The van der Waals surface area contributed by atoms with Crippen LogP contribution >= 0.6 is 0 Å². The molecule has 268 valence electrons. The summed E-state index contributed by atoms with van der Waals surface area (Å²) in [5, 5.41) is 0. The Balaban J connectivity index is 1.19. The van der Waals surface area contributed by atoms with Crippen molar-refractivity contribution >= 4 is 17.1 Å². The van der Waals surface area contributed by atoms with Crippen molar-refractivity contribution in [2.45, 2.75) is 43.9 Å². The van der Waals surface area contributed by atoms with Crippen LogP contribution in [0.25, 0.3) is 33.4 Å². The van der Waals surface area contributed by atoms with Crippen LogP contribution in [-0.4, -0.2) is 0 Å². The highest BCUT2D eigenvalue weighted by molar-refractivity contribution is 5.97. The third-order valence-electron chi connectivity index (χ3n) is 13.6. The molecular weight excluding hydrogens is 675 g/mol. The molecule has 0 amide bonds. The van der Waals surface area contributed by atoms with E-state index in [0.717, 1.165) is 11.4 Å². The molecular formula is C55H43N. The molecule has 0 saturated heterocycles. The Morgan fingerprint density at radius 2 is 0.732 bits per heavy atom. The second-order valence-electron chi connectivity index (χ2n) is 16.7. The number of benzene rings is 8. The van der Waals surface area contributed by atoms with Crippen LogP contribution in [0, 0.1) is 0 Å². The van der Waals surface area contributed by atoms with Gasteiger partial charge in [0.05, 0.1) is 5.69 Å². The Morgan fingerprint density at radius 1 is 0.321 bits per heavy atom. The van der Waals surface area contributed by atoms with Crippen LogP contribution in [0.1, 0.15) is 72.2 Å². The second-order valence-corrected chi connectivity index (χ2v) is 16.7. The predicted octanol–water partition coefficient (Wildman–Crippen LogP) is 14.1. The average molecular weight is 718 g/mol. The highest BCUT2D eigenvalue weighted by Gasteiger charge is 2.44. The van der Waals surface area contributed by atoms with Crippen molar-refractivity contribution in [3.8, 4) is 33.4 Å². The molecule has 56 heavy (non-hydrogen) atoms. The zero-order chi connectivity index (χ0) is 37.8. The van der Waals surface area contributed by atoms with Crippen LogP contribution in [0.5, 0.6) is 0 Å². The van der Waals surface area contributed by atoms with Crippen molar-refractivity contribution in [1.29, 1.82) is 0 Å². The molecule has 8 aromatic rings. The molecule has 0 bridgehead atoms. The van der Waals surface area contributed by atoms with E-state index in [-0.39, 0.29) is 16.2 Å². The molecule has 0 aliphatic heterocycles. The third-order valence-corrected chi connectivity index (χ3v) is 13.6. The standard InChI is InChI=1S/C55H43N/c1-53(2)45-25-14-13-24-44(45)52-48(53)28-17-29-51(52)56(38-30-32-42-40-22-11-15-26-46(40)54(3,49(42)34-38)36-18-7-5-8-19-36)39-31-33-43-41-23-12-16-27-47(41)55(4,50(43)35-39)37-20-9-6-10-21-37/h5-35H,1-4H3. The lowest BCUT2D eigenvalue weighted by atomic mass is 9.74. The van der Waals surface area contributed by atoms with Crippen molar-refractivity contribution < 1.29 is 0 Å². The molecule has 11 rings (SSSR count). The monoisotopic (exact) mass is 717 g/mol. The zero-order valence-corrected chi connectivity index (χ0v) is 32.3. The van der Waals surface area contributed by atoms with Gasteiger partial charge in [0, 0.05) is 33.2 Å². The topological polar surface area (TPSA) is 3.24 Å². The molecule has 0 saturated carbocycles. The van der Waals surface area contributed by atoms with E-state index in [1.165, 1.54) is 83.6 Å². The van der Waals surface area contributed by atoms with Crippen molar-refractivity contribution in [3.63, 3.8) is 0 Å². The fourth-order valence-electron chi connectivity index (χ4n) is 10.8. The molecule has 0 fully saturated rings. The van der Waals surface area contributed by atoms with Crippen LogP contribution in [0.15, 0.2) is 188 Å². The van der Waals surface area contributed by atoms with Crippen molar-refractivity contribution in [1.82, 2.24) is 0 Å². The van der Waals surface area contributed by atoms with Gasteiger partial charge in [0.2, 0.25) is 0 Å². The summed E-state index contributed by atoms with van der Waals surface area (Å²) in [5.41, 5.74) is 21.4. The zero-order valence-electron chi connectivity index (χ0n) is 32.3. The molecule has 0 radical (unpaired) electrons. The van der Waals surface area contributed by atoms with Gasteiger partial charge in [-0.1, -0.05) is 172 Å². The quantitative estimate of drug-likeness (QED) is 0.171. The van der Waals surface area contributed by atoms with Crippen LogP contribution in [0.2, 0.25) is 0 Å². The Hall–Kier alpha value is -6.44. The van der Waals surface area contributed by atoms with E-state index in [4.69, 9.17) is 0 Å². The maximum absolute atomic E-state index is 2.56. The summed E-state index contributed by atoms with van der Waals surface area (Å²) in [6, 6.07) is 70.5. The first kappa shape index (κ1) is 32.9. The molecule has 1 nitrogen and oxygen atoms in total. The molecule has 1 heteroatoms. The smallest absolute Gasteiger partial charge is 0.0543 e. The van der Waals surface area contributed by atoms with E-state index in [9.17, 15) is 0 Å². The molecule has 0 heterocycles. The summed E-state index contributed by atoms with van der Waals surface area (Å²) in [5.74, 6) is 0. The fraction of sp³-hybridized carbons (Fsp3) is 0.127. The SMILES string of the molecule is CC1(C)c2ccccc2-c2c(N(c3ccc4c(c3)C(C)(c3ccccc3)c3ccccc3-4)c3ccc4c(c3)C(C)(c3ccccc3)c3ccccc3-4)cccc21.